The zero-order valence-corrected chi connectivity index (χ0v) is 11.3. The van der Waals surface area contributed by atoms with Gasteiger partial charge in [-0.05, 0) is 27.7 Å². The number of rotatable bonds is 5. The van der Waals surface area contributed by atoms with Crippen LogP contribution in [0.4, 0.5) is 11.9 Å². The van der Waals surface area contributed by atoms with E-state index in [9.17, 15) is 0 Å². The van der Waals surface area contributed by atoms with Crippen LogP contribution in [0.15, 0.2) is 0 Å². The molecule has 0 spiro atoms. The minimum Gasteiger partial charge on any atom is -0.467 e. The highest BCUT2D eigenvalue weighted by Gasteiger charge is 2.16. The number of hydrogen-bond donors (Lipinski definition) is 1. The first-order valence-electron chi connectivity index (χ1n) is 5.73. The highest BCUT2D eigenvalue weighted by Crippen LogP contribution is 2.16. The van der Waals surface area contributed by atoms with Gasteiger partial charge in [0.2, 0.25) is 11.9 Å². The van der Waals surface area contributed by atoms with Crippen LogP contribution < -0.4 is 15.0 Å². The molecule has 0 atom stereocenters. The summed E-state index contributed by atoms with van der Waals surface area (Å²) < 4.78 is 5.01. The molecule has 0 saturated heterocycles. The molecule has 1 aromatic heterocycles. The lowest BCUT2D eigenvalue weighted by Crippen LogP contribution is -2.28. The fourth-order valence-electron chi connectivity index (χ4n) is 1.26. The predicted octanol–water partition coefficient (Wildman–Crippen LogP) is 1.40. The number of methoxy groups -OCH3 is 1. The average molecular weight is 250 g/mol. The second kappa shape index (κ2) is 6.00. The Morgan fingerprint density at radius 2 is 1.89 bits per heavy atom. The van der Waals surface area contributed by atoms with Crippen molar-refractivity contribution in [3.63, 3.8) is 0 Å². The highest BCUT2D eigenvalue weighted by molar-refractivity contribution is 5.43. The molecule has 0 amide bonds. The van der Waals surface area contributed by atoms with Gasteiger partial charge in [-0.2, -0.15) is 20.2 Å². The minimum atomic E-state index is -0.0333. The van der Waals surface area contributed by atoms with Crippen LogP contribution >= 0.6 is 0 Å². The Balaban J connectivity index is 3.15. The minimum absolute atomic E-state index is 0.0333. The third-order valence-electron chi connectivity index (χ3n) is 2.04. The second-order valence-electron chi connectivity index (χ2n) is 4.31. The Labute approximate surface area is 107 Å². The lowest BCUT2D eigenvalue weighted by atomic mass is 10.4. The summed E-state index contributed by atoms with van der Waals surface area (Å²) in [6.07, 6.45) is 2.05. The van der Waals surface area contributed by atoms with E-state index in [0.717, 1.165) is 0 Å². The summed E-state index contributed by atoms with van der Waals surface area (Å²) in [7, 11) is 1.48. The molecule has 0 aromatic carbocycles. The van der Waals surface area contributed by atoms with Gasteiger partial charge in [0.25, 0.3) is 0 Å². The van der Waals surface area contributed by atoms with Crippen LogP contribution in [0, 0.1) is 11.5 Å². The van der Waals surface area contributed by atoms with Gasteiger partial charge in [0.05, 0.1) is 7.11 Å². The molecule has 0 bridgehead atoms. The lowest BCUT2D eigenvalue weighted by Gasteiger charge is -2.18. The largest absolute Gasteiger partial charge is 0.467 e. The smallest absolute Gasteiger partial charge is 0.322 e. The molecule has 7 heteroatoms. The summed E-state index contributed by atoms with van der Waals surface area (Å²) in [5, 5.41) is 12.2. The Morgan fingerprint density at radius 1 is 1.22 bits per heavy atom. The van der Waals surface area contributed by atoms with E-state index in [4.69, 9.17) is 10.00 Å². The molecular formula is C11H18N6O. The Kier molecular flexibility index (Phi) is 4.66. The van der Waals surface area contributed by atoms with Crippen molar-refractivity contribution in [2.24, 2.45) is 0 Å². The molecule has 0 aliphatic carbocycles. The number of aromatic nitrogens is 3. The molecule has 1 heterocycles. The molecule has 1 aromatic rings. The molecule has 0 unspecified atom stereocenters. The number of hydrogen-bond acceptors (Lipinski definition) is 7. The van der Waals surface area contributed by atoms with E-state index in [1.807, 2.05) is 33.9 Å². The van der Waals surface area contributed by atoms with Crippen LogP contribution in [0.5, 0.6) is 6.01 Å². The van der Waals surface area contributed by atoms with Crippen LogP contribution in [0.25, 0.3) is 0 Å². The van der Waals surface area contributed by atoms with E-state index in [1.165, 1.54) is 12.0 Å². The molecular weight excluding hydrogens is 232 g/mol. The van der Waals surface area contributed by atoms with Crippen molar-refractivity contribution < 1.29 is 4.74 Å². The molecule has 0 fully saturated rings. The van der Waals surface area contributed by atoms with E-state index in [-0.39, 0.29) is 24.0 Å². The first-order valence-corrected chi connectivity index (χ1v) is 5.73. The van der Waals surface area contributed by atoms with Crippen LogP contribution in [-0.4, -0.2) is 34.1 Å². The van der Waals surface area contributed by atoms with Gasteiger partial charge in [0.15, 0.2) is 6.19 Å². The molecule has 0 saturated carbocycles. The second-order valence-corrected chi connectivity index (χ2v) is 4.31. The summed E-state index contributed by atoms with van der Waals surface area (Å²) in [5.41, 5.74) is 0. The van der Waals surface area contributed by atoms with Gasteiger partial charge in [-0.15, -0.1) is 0 Å². The van der Waals surface area contributed by atoms with Crippen molar-refractivity contribution in [3.8, 4) is 12.2 Å². The molecule has 0 aliphatic heterocycles. The maximum atomic E-state index is 9.10. The topological polar surface area (TPSA) is 87.0 Å². The normalized spacial score (nSPS) is 10.3. The summed E-state index contributed by atoms with van der Waals surface area (Å²) in [6, 6.07) is 0.331. The monoisotopic (exact) mass is 250 g/mol. The zero-order chi connectivity index (χ0) is 13.7. The van der Waals surface area contributed by atoms with Gasteiger partial charge in [0, 0.05) is 12.1 Å². The van der Waals surface area contributed by atoms with Gasteiger partial charge in [-0.3, -0.25) is 0 Å². The quantitative estimate of drug-likeness (QED) is 0.624. The van der Waals surface area contributed by atoms with Crippen LogP contribution in [0.3, 0.4) is 0 Å². The Morgan fingerprint density at radius 3 is 2.33 bits per heavy atom. The van der Waals surface area contributed by atoms with Crippen molar-refractivity contribution in [1.82, 2.24) is 15.0 Å². The third-order valence-corrected chi connectivity index (χ3v) is 2.04. The van der Waals surface area contributed by atoms with Crippen molar-refractivity contribution in [2.45, 2.75) is 39.8 Å². The fraction of sp³-hybridized carbons (Fsp3) is 0.636. The number of anilines is 2. The average Bonchev–Trinajstić information content (AvgIpc) is 2.28. The maximum Gasteiger partial charge on any atom is 0.322 e. The Bertz CT molecular complexity index is 440. The summed E-state index contributed by atoms with van der Waals surface area (Å²) in [4.78, 5) is 13.7. The predicted molar refractivity (Wildman–Crippen MR) is 68.4 cm³/mol. The van der Waals surface area contributed by atoms with Crippen LogP contribution in [-0.2, 0) is 0 Å². The summed E-state index contributed by atoms with van der Waals surface area (Å²) >= 11 is 0. The SMILES string of the molecule is COc1nc(NC(C)C)nc(N(C#N)C(C)C)n1. The van der Waals surface area contributed by atoms with E-state index in [0.29, 0.717) is 5.95 Å². The highest BCUT2D eigenvalue weighted by atomic mass is 16.5. The maximum absolute atomic E-state index is 9.10. The molecule has 1 rings (SSSR count). The van der Waals surface area contributed by atoms with Crippen LogP contribution in [0.2, 0.25) is 0 Å². The molecule has 1 N–H and O–H groups in total. The van der Waals surface area contributed by atoms with Gasteiger partial charge >= 0.3 is 6.01 Å². The lowest BCUT2D eigenvalue weighted by molar-refractivity contribution is 0.378. The van der Waals surface area contributed by atoms with E-state index in [1.54, 1.807) is 0 Å². The summed E-state index contributed by atoms with van der Waals surface area (Å²) in [5.74, 6) is 0.676. The van der Waals surface area contributed by atoms with Crippen molar-refractivity contribution in [1.29, 1.82) is 5.26 Å². The van der Waals surface area contributed by atoms with E-state index >= 15 is 0 Å². The molecule has 18 heavy (non-hydrogen) atoms. The Hall–Kier alpha value is -2.10. The zero-order valence-electron chi connectivity index (χ0n) is 11.3. The first kappa shape index (κ1) is 14.0. The molecule has 0 aliphatic rings. The molecule has 7 nitrogen and oxygen atoms in total. The summed E-state index contributed by atoms with van der Waals surface area (Å²) in [6.45, 7) is 7.71. The molecule has 98 valence electrons. The number of nitrogens with one attached hydrogen (secondary N) is 1. The van der Waals surface area contributed by atoms with Gasteiger partial charge in [-0.1, -0.05) is 0 Å². The van der Waals surface area contributed by atoms with Crippen LogP contribution in [0.1, 0.15) is 27.7 Å². The van der Waals surface area contributed by atoms with Gasteiger partial charge < -0.3 is 10.1 Å². The number of nitrogens with zero attached hydrogens (tertiary/aromatic N) is 5. The fourth-order valence-corrected chi connectivity index (χ4v) is 1.26. The molecule has 0 radical (unpaired) electrons. The first-order chi connectivity index (χ1) is 8.47. The third kappa shape index (κ3) is 3.45. The number of nitriles is 1. The van der Waals surface area contributed by atoms with Crippen molar-refractivity contribution in [3.05, 3.63) is 0 Å². The number of ether oxygens (including phenoxy) is 1. The van der Waals surface area contributed by atoms with E-state index in [2.05, 4.69) is 20.3 Å². The van der Waals surface area contributed by atoms with Crippen molar-refractivity contribution in [2.75, 3.05) is 17.3 Å². The van der Waals surface area contributed by atoms with Gasteiger partial charge in [0.1, 0.15) is 0 Å². The van der Waals surface area contributed by atoms with Gasteiger partial charge in [-0.25, -0.2) is 4.90 Å². The van der Waals surface area contributed by atoms with Crippen molar-refractivity contribution >= 4 is 11.9 Å². The van der Waals surface area contributed by atoms with E-state index < -0.39 is 0 Å². The standard InChI is InChI=1S/C11H18N6O/c1-7(2)13-9-14-10(16-11(15-9)18-5)17(6-12)8(3)4/h7-8H,1-5H3,(H,13,14,15,16).